The fourth-order valence-corrected chi connectivity index (χ4v) is 4.73. The number of anilines is 1. The highest BCUT2D eigenvalue weighted by atomic mass is 79.9. The second-order valence-corrected chi connectivity index (χ2v) is 9.47. The Bertz CT molecular complexity index is 1210. The summed E-state index contributed by atoms with van der Waals surface area (Å²) in [6.07, 6.45) is 1.04. The van der Waals surface area contributed by atoms with Gasteiger partial charge in [-0.15, -0.1) is 0 Å². The van der Waals surface area contributed by atoms with Crippen LogP contribution in [0.4, 0.5) is 5.69 Å². The van der Waals surface area contributed by atoms with Gasteiger partial charge in [-0.1, -0.05) is 40.1 Å². The molecule has 10 heteroatoms. The van der Waals surface area contributed by atoms with Crippen LogP contribution in [0, 0.1) is 0 Å². The van der Waals surface area contributed by atoms with E-state index in [1.807, 2.05) is 31.2 Å². The lowest BCUT2D eigenvalue weighted by Crippen LogP contribution is -2.27. The molecule has 2 heterocycles. The average Bonchev–Trinajstić information content (AvgIpc) is 3.38. The van der Waals surface area contributed by atoms with Crippen molar-refractivity contribution in [3.63, 3.8) is 0 Å². The highest BCUT2D eigenvalue weighted by Gasteiger charge is 2.26. The largest absolute Gasteiger partial charge is 0.338 e. The minimum atomic E-state index is -3.77. The Hall–Kier alpha value is -2.56. The molecule has 0 bridgehead atoms. The van der Waals surface area contributed by atoms with Gasteiger partial charge in [0, 0.05) is 28.7 Å². The molecule has 0 unspecified atom stereocenters. The third-order valence-corrected chi connectivity index (χ3v) is 6.72. The van der Waals surface area contributed by atoms with Crippen LogP contribution in [-0.2, 0) is 27.8 Å². The molecule has 0 saturated carbocycles. The molecule has 1 aliphatic heterocycles. The number of carbonyl (C=O) groups is 1. The summed E-state index contributed by atoms with van der Waals surface area (Å²) in [6.45, 7) is 2.25. The van der Waals surface area contributed by atoms with Gasteiger partial charge in [0.05, 0.1) is 11.4 Å². The van der Waals surface area contributed by atoms with Crippen molar-refractivity contribution in [2.45, 2.75) is 31.2 Å². The molecule has 4 rings (SSSR count). The van der Waals surface area contributed by atoms with Crippen LogP contribution in [0.1, 0.15) is 24.8 Å². The summed E-state index contributed by atoms with van der Waals surface area (Å²) < 4.78 is 34.0. The molecule has 0 atom stereocenters. The first kappa shape index (κ1) is 20.7. The Morgan fingerprint density at radius 2 is 2.10 bits per heavy atom. The topological polar surface area (TPSA) is 105 Å². The SMILES string of the molecule is CCC(=O)N1CCc2cc(S(=O)(=O)NCc3nc(-c4cccc(Br)c4)no3)ccc21. The molecular weight excluding hydrogens is 472 g/mol. The highest BCUT2D eigenvalue weighted by Crippen LogP contribution is 2.30. The minimum Gasteiger partial charge on any atom is -0.338 e. The molecule has 0 fully saturated rings. The van der Waals surface area contributed by atoms with Crippen molar-refractivity contribution in [3.05, 3.63) is 58.4 Å². The molecule has 1 aromatic heterocycles. The number of amides is 1. The first-order valence-corrected chi connectivity index (χ1v) is 11.7. The lowest BCUT2D eigenvalue weighted by atomic mass is 10.2. The van der Waals surface area contributed by atoms with E-state index in [1.165, 1.54) is 6.07 Å². The third kappa shape index (κ3) is 4.16. The first-order valence-electron chi connectivity index (χ1n) is 9.39. The molecule has 2 aromatic carbocycles. The lowest BCUT2D eigenvalue weighted by Gasteiger charge is -2.16. The predicted molar refractivity (Wildman–Crippen MR) is 114 cm³/mol. The summed E-state index contributed by atoms with van der Waals surface area (Å²) >= 11 is 3.39. The number of carbonyl (C=O) groups excluding carboxylic acids is 1. The van der Waals surface area contributed by atoms with Gasteiger partial charge in [0.1, 0.15) is 0 Å². The molecule has 0 radical (unpaired) electrons. The van der Waals surface area contributed by atoms with Crippen LogP contribution >= 0.6 is 15.9 Å². The zero-order chi connectivity index (χ0) is 21.3. The minimum absolute atomic E-state index is 0.0279. The maximum absolute atomic E-state index is 12.7. The van der Waals surface area contributed by atoms with E-state index in [0.29, 0.717) is 25.2 Å². The fraction of sp³-hybridized carbons (Fsp3) is 0.250. The van der Waals surface area contributed by atoms with E-state index in [2.05, 4.69) is 30.8 Å². The number of rotatable bonds is 6. The summed E-state index contributed by atoms with van der Waals surface area (Å²) in [6, 6.07) is 12.2. The predicted octanol–water partition coefficient (Wildman–Crippen LogP) is 3.28. The molecule has 1 aliphatic rings. The van der Waals surface area contributed by atoms with E-state index in [1.54, 1.807) is 17.0 Å². The fourth-order valence-electron chi connectivity index (χ4n) is 3.31. The summed E-state index contributed by atoms with van der Waals surface area (Å²) in [7, 11) is -3.77. The standard InChI is InChI=1S/C20H19BrN4O4S/c1-2-19(26)25-9-8-13-11-16(6-7-17(13)25)30(27,28)22-12-18-23-20(24-29-18)14-4-3-5-15(21)10-14/h3-7,10-11,22H,2,8-9,12H2,1H3. The normalized spacial score (nSPS) is 13.5. The quantitative estimate of drug-likeness (QED) is 0.568. The maximum Gasteiger partial charge on any atom is 0.242 e. The number of nitrogens with zero attached hydrogens (tertiary/aromatic N) is 3. The Kier molecular flexibility index (Phi) is 5.72. The van der Waals surface area contributed by atoms with Crippen molar-refractivity contribution in [3.8, 4) is 11.4 Å². The number of nitrogens with one attached hydrogen (secondary N) is 1. The number of hydrogen-bond acceptors (Lipinski definition) is 6. The van der Waals surface area contributed by atoms with E-state index in [9.17, 15) is 13.2 Å². The summed E-state index contributed by atoms with van der Waals surface area (Å²) in [5.74, 6) is 0.568. The third-order valence-electron chi connectivity index (χ3n) is 4.82. The van der Waals surface area contributed by atoms with Crippen LogP contribution in [0.25, 0.3) is 11.4 Å². The number of fused-ring (bicyclic) bond motifs is 1. The summed E-state index contributed by atoms with van der Waals surface area (Å²) in [5.41, 5.74) is 2.37. The van der Waals surface area contributed by atoms with Gasteiger partial charge in [0.15, 0.2) is 0 Å². The smallest absolute Gasteiger partial charge is 0.242 e. The monoisotopic (exact) mass is 490 g/mol. The van der Waals surface area contributed by atoms with Gasteiger partial charge in [-0.3, -0.25) is 4.79 Å². The molecule has 1 amide bonds. The number of sulfonamides is 1. The molecule has 3 aromatic rings. The molecule has 0 aliphatic carbocycles. The number of aromatic nitrogens is 2. The van der Waals surface area contributed by atoms with Gasteiger partial charge in [0.25, 0.3) is 0 Å². The Labute approximate surface area is 182 Å². The Morgan fingerprint density at radius 3 is 2.87 bits per heavy atom. The van der Waals surface area contributed by atoms with Gasteiger partial charge in [-0.05, 0) is 42.3 Å². The molecule has 0 spiro atoms. The van der Waals surface area contributed by atoms with Gasteiger partial charge < -0.3 is 9.42 Å². The summed E-state index contributed by atoms with van der Waals surface area (Å²) in [5, 5.41) is 3.90. The van der Waals surface area contributed by atoms with Crippen molar-refractivity contribution in [1.29, 1.82) is 0 Å². The lowest BCUT2D eigenvalue weighted by molar-refractivity contribution is -0.118. The number of halogens is 1. The van der Waals surface area contributed by atoms with Gasteiger partial charge in [-0.25, -0.2) is 13.1 Å². The average molecular weight is 491 g/mol. The van der Waals surface area contributed by atoms with Crippen LogP contribution < -0.4 is 9.62 Å². The van der Waals surface area contributed by atoms with Gasteiger partial charge in [0.2, 0.25) is 27.6 Å². The molecule has 30 heavy (non-hydrogen) atoms. The van der Waals surface area contributed by atoms with Gasteiger partial charge >= 0.3 is 0 Å². The van der Waals surface area contributed by atoms with Crippen molar-refractivity contribution in [2.24, 2.45) is 0 Å². The highest BCUT2D eigenvalue weighted by molar-refractivity contribution is 9.10. The van der Waals surface area contributed by atoms with E-state index < -0.39 is 10.0 Å². The van der Waals surface area contributed by atoms with Crippen molar-refractivity contribution in [1.82, 2.24) is 14.9 Å². The van der Waals surface area contributed by atoms with Crippen molar-refractivity contribution < 1.29 is 17.7 Å². The van der Waals surface area contributed by atoms with E-state index in [4.69, 9.17) is 4.52 Å². The van der Waals surface area contributed by atoms with Crippen LogP contribution in [-0.4, -0.2) is 31.0 Å². The molecule has 1 N–H and O–H groups in total. The van der Waals surface area contributed by atoms with E-state index in [0.717, 1.165) is 21.3 Å². The molecule has 0 saturated heterocycles. The Balaban J connectivity index is 1.47. The van der Waals surface area contributed by atoms with Gasteiger partial charge in [-0.2, -0.15) is 4.98 Å². The summed E-state index contributed by atoms with van der Waals surface area (Å²) in [4.78, 5) is 18.1. The van der Waals surface area contributed by atoms with Crippen LogP contribution in [0.3, 0.4) is 0 Å². The van der Waals surface area contributed by atoms with E-state index >= 15 is 0 Å². The number of benzene rings is 2. The van der Waals surface area contributed by atoms with Crippen molar-refractivity contribution >= 4 is 37.5 Å². The van der Waals surface area contributed by atoms with Crippen molar-refractivity contribution in [2.75, 3.05) is 11.4 Å². The van der Waals surface area contributed by atoms with E-state index in [-0.39, 0.29) is 23.2 Å². The second-order valence-electron chi connectivity index (χ2n) is 6.79. The number of hydrogen-bond donors (Lipinski definition) is 1. The first-order chi connectivity index (χ1) is 14.4. The molecular formula is C20H19BrN4O4S. The van der Waals surface area contributed by atoms with Crippen LogP contribution in [0.15, 0.2) is 56.4 Å². The molecule has 8 nitrogen and oxygen atoms in total. The second kappa shape index (κ2) is 8.29. The molecule has 156 valence electrons. The zero-order valence-corrected chi connectivity index (χ0v) is 18.5. The van der Waals surface area contributed by atoms with Crippen LogP contribution in [0.5, 0.6) is 0 Å². The zero-order valence-electron chi connectivity index (χ0n) is 16.1. The Morgan fingerprint density at radius 1 is 1.27 bits per heavy atom. The van der Waals surface area contributed by atoms with Crippen LogP contribution in [0.2, 0.25) is 0 Å². The maximum atomic E-state index is 12.7.